The van der Waals surface area contributed by atoms with Crippen molar-refractivity contribution in [2.45, 2.75) is 0 Å². The van der Waals surface area contributed by atoms with Crippen LogP contribution in [0.1, 0.15) is 10.5 Å². The van der Waals surface area contributed by atoms with Gasteiger partial charge in [0.15, 0.2) is 0 Å². The van der Waals surface area contributed by atoms with Crippen molar-refractivity contribution in [2.75, 3.05) is 5.32 Å². The van der Waals surface area contributed by atoms with Crippen molar-refractivity contribution in [1.29, 1.82) is 0 Å². The summed E-state index contributed by atoms with van der Waals surface area (Å²) in [6.07, 6.45) is 3.22. The molecule has 0 radical (unpaired) electrons. The first-order chi connectivity index (χ1) is 11.8. The number of benzene rings is 3. The molecule has 4 aromatic rings. The zero-order chi connectivity index (χ0) is 16.4. The normalized spacial score (nSPS) is 10.7. The van der Waals surface area contributed by atoms with Gasteiger partial charge in [0.1, 0.15) is 5.69 Å². The first-order valence-corrected chi connectivity index (χ1v) is 7.69. The Hall–Kier alpha value is -3.40. The molecule has 4 heteroatoms. The van der Waals surface area contributed by atoms with E-state index in [0.717, 1.165) is 22.1 Å². The molecule has 3 aromatic carbocycles. The van der Waals surface area contributed by atoms with Crippen LogP contribution in [0.2, 0.25) is 0 Å². The van der Waals surface area contributed by atoms with Crippen LogP contribution in [-0.4, -0.2) is 15.5 Å². The van der Waals surface area contributed by atoms with Gasteiger partial charge in [-0.05, 0) is 35.0 Å². The second kappa shape index (κ2) is 6.01. The van der Waals surface area contributed by atoms with Crippen LogP contribution >= 0.6 is 0 Å². The van der Waals surface area contributed by atoms with E-state index < -0.39 is 0 Å². The van der Waals surface area contributed by atoms with Gasteiger partial charge in [0.2, 0.25) is 0 Å². The van der Waals surface area contributed by atoms with Gasteiger partial charge in [-0.15, -0.1) is 0 Å². The maximum Gasteiger partial charge on any atom is 0.274 e. The van der Waals surface area contributed by atoms with Crippen molar-refractivity contribution < 1.29 is 4.79 Å². The van der Waals surface area contributed by atoms with Gasteiger partial charge in [-0.25, -0.2) is 4.98 Å². The number of hydrogen-bond donors (Lipinski definition) is 1. The molecule has 0 atom stereocenters. The quantitative estimate of drug-likeness (QED) is 0.614. The van der Waals surface area contributed by atoms with Crippen molar-refractivity contribution in [3.8, 4) is 5.69 Å². The SMILES string of the molecule is O=C(Nc1ccc2ccccc2c1)c1cncn1-c1ccccc1. The fourth-order valence-electron chi connectivity index (χ4n) is 2.72. The molecule has 24 heavy (non-hydrogen) atoms. The van der Waals surface area contributed by atoms with Crippen molar-refractivity contribution >= 4 is 22.4 Å². The molecule has 0 fully saturated rings. The lowest BCUT2D eigenvalue weighted by Gasteiger charge is -2.09. The van der Waals surface area contributed by atoms with Crippen molar-refractivity contribution in [2.24, 2.45) is 0 Å². The maximum absolute atomic E-state index is 12.6. The summed E-state index contributed by atoms with van der Waals surface area (Å²) < 4.78 is 1.77. The minimum atomic E-state index is -0.188. The van der Waals surface area contributed by atoms with Crippen LogP contribution < -0.4 is 5.32 Å². The molecule has 1 aromatic heterocycles. The van der Waals surface area contributed by atoms with Gasteiger partial charge < -0.3 is 5.32 Å². The summed E-state index contributed by atoms with van der Waals surface area (Å²) in [5.41, 5.74) is 2.16. The first kappa shape index (κ1) is 14.2. The number of anilines is 1. The van der Waals surface area contributed by atoms with E-state index in [-0.39, 0.29) is 5.91 Å². The van der Waals surface area contributed by atoms with Gasteiger partial charge in [0.05, 0.1) is 12.5 Å². The lowest BCUT2D eigenvalue weighted by Crippen LogP contribution is -2.16. The molecule has 1 N–H and O–H groups in total. The second-order valence-corrected chi connectivity index (χ2v) is 5.50. The van der Waals surface area contributed by atoms with Gasteiger partial charge in [0.25, 0.3) is 5.91 Å². The maximum atomic E-state index is 12.6. The Morgan fingerprint density at radius 2 is 1.62 bits per heavy atom. The van der Waals surface area contributed by atoms with E-state index in [1.165, 1.54) is 0 Å². The van der Waals surface area contributed by atoms with E-state index in [0.29, 0.717) is 5.69 Å². The number of nitrogens with zero attached hydrogens (tertiary/aromatic N) is 2. The number of imidazole rings is 1. The fourth-order valence-corrected chi connectivity index (χ4v) is 2.72. The molecule has 1 heterocycles. The van der Waals surface area contributed by atoms with Crippen LogP contribution in [-0.2, 0) is 0 Å². The van der Waals surface area contributed by atoms with Gasteiger partial charge >= 0.3 is 0 Å². The number of amides is 1. The molecule has 0 aliphatic heterocycles. The van der Waals surface area contributed by atoms with E-state index in [4.69, 9.17) is 0 Å². The van der Waals surface area contributed by atoms with Crippen LogP contribution in [0, 0.1) is 0 Å². The number of fused-ring (bicyclic) bond motifs is 1. The van der Waals surface area contributed by atoms with Crippen LogP contribution in [0.5, 0.6) is 0 Å². The van der Waals surface area contributed by atoms with Crippen LogP contribution in [0.15, 0.2) is 85.3 Å². The third kappa shape index (κ3) is 2.65. The number of para-hydroxylation sites is 1. The number of nitrogens with one attached hydrogen (secondary N) is 1. The zero-order valence-corrected chi connectivity index (χ0v) is 12.9. The molecular formula is C20H15N3O. The Bertz CT molecular complexity index is 1010. The summed E-state index contributed by atoms with van der Waals surface area (Å²) in [4.78, 5) is 16.7. The lowest BCUT2D eigenvalue weighted by atomic mass is 10.1. The molecule has 116 valence electrons. The smallest absolute Gasteiger partial charge is 0.274 e. The molecule has 1 amide bonds. The zero-order valence-electron chi connectivity index (χ0n) is 12.9. The highest BCUT2D eigenvalue weighted by Gasteiger charge is 2.13. The Balaban J connectivity index is 1.64. The van der Waals surface area contributed by atoms with Crippen LogP contribution in [0.25, 0.3) is 16.5 Å². The average Bonchev–Trinajstić information content (AvgIpc) is 3.12. The summed E-state index contributed by atoms with van der Waals surface area (Å²) in [7, 11) is 0. The van der Waals surface area contributed by atoms with Crippen molar-refractivity contribution in [3.05, 3.63) is 91.0 Å². The monoisotopic (exact) mass is 313 g/mol. The molecule has 0 spiro atoms. The number of carbonyl (C=O) groups is 1. The van der Waals surface area contributed by atoms with E-state index >= 15 is 0 Å². The highest BCUT2D eigenvalue weighted by atomic mass is 16.2. The summed E-state index contributed by atoms with van der Waals surface area (Å²) in [6, 6.07) is 23.6. The highest BCUT2D eigenvalue weighted by molar-refractivity contribution is 6.04. The number of hydrogen-bond acceptors (Lipinski definition) is 2. The Labute approximate surface area is 139 Å². The van der Waals surface area contributed by atoms with Crippen LogP contribution in [0.4, 0.5) is 5.69 Å². The third-order valence-electron chi connectivity index (χ3n) is 3.91. The standard InChI is InChI=1S/C20H15N3O/c24-20(19-13-21-14-23(19)18-8-2-1-3-9-18)22-17-11-10-15-6-4-5-7-16(15)12-17/h1-14H,(H,22,24). The molecule has 0 saturated heterocycles. The van der Waals surface area contributed by atoms with E-state index in [2.05, 4.69) is 10.3 Å². The summed E-state index contributed by atoms with van der Waals surface area (Å²) in [5.74, 6) is -0.188. The largest absolute Gasteiger partial charge is 0.321 e. The molecule has 0 bridgehead atoms. The Kier molecular flexibility index (Phi) is 3.56. The number of carbonyl (C=O) groups excluding carboxylic acids is 1. The summed E-state index contributed by atoms with van der Waals surface area (Å²) in [6.45, 7) is 0. The molecule has 4 nitrogen and oxygen atoms in total. The lowest BCUT2D eigenvalue weighted by molar-refractivity contribution is 0.102. The average molecular weight is 313 g/mol. The topological polar surface area (TPSA) is 46.9 Å². The van der Waals surface area contributed by atoms with Gasteiger partial charge in [-0.3, -0.25) is 9.36 Å². The summed E-state index contributed by atoms with van der Waals surface area (Å²) in [5, 5.41) is 5.18. The predicted octanol–water partition coefficient (Wildman–Crippen LogP) is 4.28. The van der Waals surface area contributed by atoms with Gasteiger partial charge in [0, 0.05) is 11.4 Å². The molecule has 4 rings (SSSR count). The Morgan fingerprint density at radius 1 is 0.875 bits per heavy atom. The molecule has 0 aliphatic rings. The Morgan fingerprint density at radius 3 is 2.46 bits per heavy atom. The van der Waals surface area contributed by atoms with E-state index in [9.17, 15) is 4.79 Å². The van der Waals surface area contributed by atoms with E-state index in [1.807, 2.05) is 72.8 Å². The predicted molar refractivity (Wildman–Crippen MR) is 95.5 cm³/mol. The highest BCUT2D eigenvalue weighted by Crippen LogP contribution is 2.20. The summed E-state index contributed by atoms with van der Waals surface area (Å²) >= 11 is 0. The van der Waals surface area contributed by atoms with Crippen molar-refractivity contribution in [1.82, 2.24) is 9.55 Å². The number of aromatic nitrogens is 2. The second-order valence-electron chi connectivity index (χ2n) is 5.50. The third-order valence-corrected chi connectivity index (χ3v) is 3.91. The molecule has 0 saturated carbocycles. The van der Waals surface area contributed by atoms with Crippen LogP contribution in [0.3, 0.4) is 0 Å². The minimum absolute atomic E-state index is 0.188. The molecular weight excluding hydrogens is 298 g/mol. The minimum Gasteiger partial charge on any atom is -0.321 e. The first-order valence-electron chi connectivity index (χ1n) is 7.69. The van der Waals surface area contributed by atoms with Gasteiger partial charge in [-0.1, -0.05) is 48.5 Å². The van der Waals surface area contributed by atoms with Crippen molar-refractivity contribution in [3.63, 3.8) is 0 Å². The van der Waals surface area contributed by atoms with E-state index in [1.54, 1.807) is 17.1 Å². The van der Waals surface area contributed by atoms with Gasteiger partial charge in [-0.2, -0.15) is 0 Å². The number of rotatable bonds is 3. The molecule has 0 aliphatic carbocycles. The molecule has 0 unspecified atom stereocenters. The fraction of sp³-hybridized carbons (Fsp3) is 0.